The molecule has 0 bridgehead atoms. The van der Waals surface area contributed by atoms with Gasteiger partial charge in [-0.25, -0.2) is 0 Å². The second-order valence-corrected chi connectivity index (χ2v) is 15.8. The molecule has 4 aliphatic carbocycles. The summed E-state index contributed by atoms with van der Waals surface area (Å²) in [5.41, 5.74) is 9.31. The van der Waals surface area contributed by atoms with E-state index in [4.69, 9.17) is 0 Å². The topological polar surface area (TPSA) is 0 Å². The van der Waals surface area contributed by atoms with Crippen LogP contribution in [0.4, 0.5) is 0 Å². The largest absolute Gasteiger partial charge is 0.147 e. The predicted molar refractivity (Wildman–Crippen MR) is 131 cm³/mol. The van der Waals surface area contributed by atoms with Crippen LogP contribution >= 0.6 is 12.4 Å². The minimum atomic E-state index is -2.98. The summed E-state index contributed by atoms with van der Waals surface area (Å²) in [7, 11) is 0. The van der Waals surface area contributed by atoms with Crippen molar-refractivity contribution in [2.24, 2.45) is 11.8 Å². The minimum Gasteiger partial charge on any atom is -0.147 e. The normalized spacial score (nSPS) is 26.4. The van der Waals surface area contributed by atoms with E-state index in [-0.39, 0.29) is 12.4 Å². The Kier molecular flexibility index (Phi) is 6.65. The SMILES string of the molecule is CC1=CC(C)=[C]([Ti]([C]2=C(C)C=C(C)C2)([C]2=C(C)C=CC2C)[C]2=C(C)C=CC2C)C1.Cl. The zero-order valence-electron chi connectivity index (χ0n) is 19.9. The third-order valence-electron chi connectivity index (χ3n) is 7.53. The van der Waals surface area contributed by atoms with Crippen molar-refractivity contribution in [3.05, 3.63) is 85.4 Å². The molecule has 0 nitrogen and oxygen atoms in total. The van der Waals surface area contributed by atoms with E-state index in [1.54, 1.807) is 33.4 Å². The van der Waals surface area contributed by atoms with Gasteiger partial charge < -0.3 is 0 Å². The summed E-state index contributed by atoms with van der Waals surface area (Å²) in [6.07, 6.45) is 17.1. The van der Waals surface area contributed by atoms with Crippen molar-refractivity contribution in [3.8, 4) is 0 Å². The first-order valence-corrected chi connectivity index (χ1v) is 14.3. The van der Waals surface area contributed by atoms with Crippen LogP contribution in [0.5, 0.6) is 0 Å². The van der Waals surface area contributed by atoms with Gasteiger partial charge in [0.2, 0.25) is 0 Å². The first-order valence-electron chi connectivity index (χ1n) is 11.2. The van der Waals surface area contributed by atoms with Crippen molar-refractivity contribution in [2.45, 2.75) is 68.2 Å². The van der Waals surface area contributed by atoms with Gasteiger partial charge in [-0.15, -0.1) is 12.4 Å². The van der Waals surface area contributed by atoms with E-state index in [0.717, 1.165) is 0 Å². The summed E-state index contributed by atoms with van der Waals surface area (Å²) in [6.45, 7) is 19.1. The summed E-state index contributed by atoms with van der Waals surface area (Å²) in [6, 6.07) is 0. The number of rotatable bonds is 4. The van der Waals surface area contributed by atoms with Crippen LogP contribution in [0, 0.1) is 11.8 Å². The van der Waals surface area contributed by atoms with E-state index in [9.17, 15) is 0 Å². The first kappa shape index (κ1) is 23.6. The molecular formula is C28H37ClTi. The molecule has 0 aromatic carbocycles. The number of allylic oxidation sites excluding steroid dienone is 16. The molecule has 0 N–H and O–H groups in total. The molecule has 0 aromatic heterocycles. The van der Waals surface area contributed by atoms with Gasteiger partial charge in [-0.3, -0.25) is 0 Å². The second-order valence-electron chi connectivity index (χ2n) is 9.90. The Balaban J connectivity index is 0.00000256. The molecule has 0 aromatic rings. The Hall–Kier alpha value is -1.08. The standard InChI is InChI=1S/4C7H9.ClH.Ti/c4*1-6-3-4-7(2)5-6;;/h2*5H,3H2,1-2H3;2*3-4,6H,1-2H3;1H;. The molecule has 160 valence electrons. The van der Waals surface area contributed by atoms with E-state index in [2.05, 4.69) is 91.8 Å². The van der Waals surface area contributed by atoms with Gasteiger partial charge in [0.05, 0.1) is 0 Å². The van der Waals surface area contributed by atoms with Crippen molar-refractivity contribution in [1.29, 1.82) is 0 Å². The first-order chi connectivity index (χ1) is 13.7. The van der Waals surface area contributed by atoms with Crippen LogP contribution in [-0.4, -0.2) is 0 Å². The molecule has 0 saturated carbocycles. The molecule has 0 aliphatic heterocycles. The van der Waals surface area contributed by atoms with Crippen LogP contribution in [0.3, 0.4) is 0 Å². The van der Waals surface area contributed by atoms with Gasteiger partial charge in [0.1, 0.15) is 0 Å². The fraction of sp³-hybridized carbons (Fsp3) is 0.429. The maximum Gasteiger partial charge on any atom is -0.147 e. The van der Waals surface area contributed by atoms with Gasteiger partial charge in [-0.1, -0.05) is 0 Å². The molecule has 0 spiro atoms. The van der Waals surface area contributed by atoms with Crippen LogP contribution in [-0.2, 0) is 16.6 Å². The summed E-state index contributed by atoms with van der Waals surface area (Å²) >= 11 is -2.98. The Labute approximate surface area is 193 Å². The monoisotopic (exact) mass is 456 g/mol. The van der Waals surface area contributed by atoms with E-state index in [0.29, 0.717) is 11.8 Å². The van der Waals surface area contributed by atoms with Gasteiger partial charge >= 0.3 is 182 Å². The average Bonchev–Trinajstić information content (AvgIpc) is 3.35. The van der Waals surface area contributed by atoms with E-state index < -0.39 is 16.6 Å². The molecule has 4 aliphatic rings. The maximum atomic E-state index is 2.48. The molecule has 4 rings (SSSR count). The fourth-order valence-electron chi connectivity index (χ4n) is 6.63. The third-order valence-corrected chi connectivity index (χ3v) is 17.3. The Morgan fingerprint density at radius 2 is 1.00 bits per heavy atom. The van der Waals surface area contributed by atoms with E-state index in [1.807, 2.05) is 15.5 Å². The molecule has 2 unspecified atom stereocenters. The molecule has 2 atom stereocenters. The van der Waals surface area contributed by atoms with Gasteiger partial charge in [-0.05, 0) is 0 Å². The number of hydrogen-bond acceptors (Lipinski definition) is 0. The molecule has 2 heteroatoms. The van der Waals surface area contributed by atoms with Crippen molar-refractivity contribution in [2.75, 3.05) is 0 Å². The third kappa shape index (κ3) is 3.40. The Morgan fingerprint density at radius 3 is 1.23 bits per heavy atom. The van der Waals surface area contributed by atoms with Crippen LogP contribution < -0.4 is 0 Å². The van der Waals surface area contributed by atoms with Crippen LogP contribution in [0.1, 0.15) is 68.2 Å². The van der Waals surface area contributed by atoms with Crippen molar-refractivity contribution in [3.63, 3.8) is 0 Å². The molecule has 0 fully saturated rings. The summed E-state index contributed by atoms with van der Waals surface area (Å²) < 4.78 is 7.25. The van der Waals surface area contributed by atoms with Crippen LogP contribution in [0.25, 0.3) is 0 Å². The predicted octanol–water partition coefficient (Wildman–Crippen LogP) is 8.77. The number of hydrogen-bond donors (Lipinski definition) is 0. The Bertz CT molecular complexity index is 949. The second kappa shape index (κ2) is 8.46. The van der Waals surface area contributed by atoms with Crippen LogP contribution in [0.15, 0.2) is 85.4 Å². The smallest absolute Gasteiger partial charge is 0.147 e. The van der Waals surface area contributed by atoms with E-state index in [1.165, 1.54) is 12.8 Å². The zero-order chi connectivity index (χ0) is 21.1. The van der Waals surface area contributed by atoms with Crippen molar-refractivity contribution in [1.82, 2.24) is 0 Å². The summed E-state index contributed by atoms with van der Waals surface area (Å²) in [5, 5.41) is 0. The van der Waals surface area contributed by atoms with Gasteiger partial charge in [0.25, 0.3) is 0 Å². The molecular weight excluding hydrogens is 420 g/mol. The summed E-state index contributed by atoms with van der Waals surface area (Å²) in [4.78, 5) is 0. The molecule has 0 saturated heterocycles. The van der Waals surface area contributed by atoms with Crippen LogP contribution in [0.2, 0.25) is 0 Å². The van der Waals surface area contributed by atoms with Gasteiger partial charge in [0.15, 0.2) is 0 Å². The fourth-order valence-corrected chi connectivity index (χ4v) is 18.0. The quantitative estimate of drug-likeness (QED) is 0.371. The van der Waals surface area contributed by atoms with Gasteiger partial charge in [-0.2, -0.15) is 0 Å². The molecule has 30 heavy (non-hydrogen) atoms. The van der Waals surface area contributed by atoms with Crippen molar-refractivity contribution >= 4 is 12.4 Å². The molecule has 0 heterocycles. The van der Waals surface area contributed by atoms with Gasteiger partial charge in [0, 0.05) is 0 Å². The Morgan fingerprint density at radius 1 is 0.633 bits per heavy atom. The van der Waals surface area contributed by atoms with Crippen molar-refractivity contribution < 1.29 is 16.6 Å². The molecule has 0 radical (unpaired) electrons. The van der Waals surface area contributed by atoms with E-state index >= 15 is 0 Å². The molecule has 0 amide bonds. The minimum absolute atomic E-state index is 0. The average molecular weight is 457 g/mol. The number of halogens is 1. The summed E-state index contributed by atoms with van der Waals surface area (Å²) in [5.74, 6) is 1.09. The maximum absolute atomic E-state index is 2.98. The zero-order valence-corrected chi connectivity index (χ0v) is 22.3.